The summed E-state index contributed by atoms with van der Waals surface area (Å²) in [6, 6.07) is 11.7. The highest BCUT2D eigenvalue weighted by Crippen LogP contribution is 2.28. The van der Waals surface area contributed by atoms with E-state index in [0.717, 1.165) is 0 Å². The van der Waals surface area contributed by atoms with Crippen LogP contribution in [0.25, 0.3) is 5.70 Å². The Labute approximate surface area is 193 Å². The first-order chi connectivity index (χ1) is 15.6. The van der Waals surface area contributed by atoms with Crippen molar-refractivity contribution >= 4 is 40.6 Å². The molecular weight excluding hydrogens is 459 g/mol. The predicted octanol–water partition coefficient (Wildman–Crippen LogP) is 5.15. The molecule has 2 N–H and O–H groups in total. The van der Waals surface area contributed by atoms with Gasteiger partial charge in [0.1, 0.15) is 11.8 Å². The van der Waals surface area contributed by atoms with E-state index in [0.29, 0.717) is 36.7 Å². The van der Waals surface area contributed by atoms with Crippen LogP contribution >= 0.6 is 11.6 Å². The number of halogens is 4. The van der Waals surface area contributed by atoms with E-state index < -0.39 is 23.9 Å². The van der Waals surface area contributed by atoms with Gasteiger partial charge in [-0.05, 0) is 48.7 Å². The Hall–Kier alpha value is -3.33. The number of rotatable bonds is 6. The van der Waals surface area contributed by atoms with E-state index in [1.54, 1.807) is 24.3 Å². The summed E-state index contributed by atoms with van der Waals surface area (Å²) >= 11 is 6.12. The van der Waals surface area contributed by atoms with E-state index in [-0.39, 0.29) is 22.2 Å². The van der Waals surface area contributed by atoms with Crippen LogP contribution < -0.4 is 5.32 Å². The summed E-state index contributed by atoms with van der Waals surface area (Å²) < 4.78 is 43.8. The number of amides is 1. The van der Waals surface area contributed by atoms with Crippen molar-refractivity contribution in [2.75, 3.05) is 19.0 Å². The lowest BCUT2D eigenvalue weighted by Crippen LogP contribution is -2.41. The van der Waals surface area contributed by atoms with Gasteiger partial charge in [0.05, 0.1) is 17.8 Å². The number of para-hydroxylation sites is 1. The van der Waals surface area contributed by atoms with E-state index in [9.17, 15) is 22.8 Å². The number of hydrogen-bond donors (Lipinski definition) is 2. The molecule has 0 radical (unpaired) electrons. The molecule has 1 saturated heterocycles. The first kappa shape index (κ1) is 24.3. The van der Waals surface area contributed by atoms with E-state index >= 15 is 0 Å². The van der Waals surface area contributed by atoms with Gasteiger partial charge < -0.3 is 15.0 Å². The summed E-state index contributed by atoms with van der Waals surface area (Å²) in [5, 5.41) is 10.5. The smallest absolute Gasteiger partial charge is 0.432 e. The van der Waals surface area contributed by atoms with Crippen molar-refractivity contribution in [1.29, 1.82) is 5.41 Å². The molecule has 1 fully saturated rings. The lowest BCUT2D eigenvalue weighted by atomic mass is 10.1. The third-order valence-electron chi connectivity index (χ3n) is 5.17. The summed E-state index contributed by atoms with van der Waals surface area (Å²) in [7, 11) is 1.26. The zero-order valence-electron chi connectivity index (χ0n) is 17.6. The Bertz CT molecular complexity index is 1080. The minimum absolute atomic E-state index is 0.0157. The molecule has 33 heavy (non-hydrogen) atoms. The van der Waals surface area contributed by atoms with Crippen molar-refractivity contribution in [2.45, 2.75) is 25.1 Å². The standard InChI is InChI=1S/C23H21ClF3N3O3/c1-33-22(32)19-7-4-12-30(19)21(31)15-10-8-14(9-11-15)18(13-20(28)23(25,26)27)29-17-6-3-2-5-16(17)24/h2-3,5-6,8-11,13,19,28-29H,4,7,12H2,1H3/b18-13-,28-20?. The molecule has 1 aliphatic rings. The maximum Gasteiger partial charge on any atom is 0.432 e. The summed E-state index contributed by atoms with van der Waals surface area (Å²) in [6.45, 7) is 0.405. The van der Waals surface area contributed by atoms with Gasteiger partial charge in [0.25, 0.3) is 5.91 Å². The molecule has 0 aromatic heterocycles. The Morgan fingerprint density at radius 3 is 2.39 bits per heavy atom. The fourth-order valence-corrected chi connectivity index (χ4v) is 3.66. The fourth-order valence-electron chi connectivity index (χ4n) is 3.47. The van der Waals surface area contributed by atoms with E-state index in [1.165, 1.54) is 36.3 Å². The molecule has 2 aromatic carbocycles. The Morgan fingerprint density at radius 2 is 1.79 bits per heavy atom. The Kier molecular flexibility index (Phi) is 7.43. The second-order valence-electron chi connectivity index (χ2n) is 7.33. The number of alkyl halides is 3. The number of methoxy groups -OCH3 is 1. The number of ether oxygens (including phenoxy) is 1. The molecule has 1 aliphatic heterocycles. The lowest BCUT2D eigenvalue weighted by Gasteiger charge is -2.23. The number of likely N-dealkylation sites (tertiary alicyclic amines) is 1. The van der Waals surface area contributed by atoms with Crippen LogP contribution in [0, 0.1) is 5.41 Å². The molecule has 0 saturated carbocycles. The van der Waals surface area contributed by atoms with Crippen molar-refractivity contribution in [3.8, 4) is 0 Å². The van der Waals surface area contributed by atoms with Crippen molar-refractivity contribution in [1.82, 2.24) is 4.90 Å². The van der Waals surface area contributed by atoms with Crippen molar-refractivity contribution < 1.29 is 27.5 Å². The second kappa shape index (κ2) is 10.1. The van der Waals surface area contributed by atoms with Crippen LogP contribution in [0.4, 0.5) is 18.9 Å². The summed E-state index contributed by atoms with van der Waals surface area (Å²) in [6.07, 6.45) is -3.00. The average molecular weight is 480 g/mol. The largest absolute Gasteiger partial charge is 0.467 e. The van der Waals surface area contributed by atoms with Crippen LogP contribution in [0.1, 0.15) is 28.8 Å². The molecule has 0 aliphatic carbocycles. The van der Waals surface area contributed by atoms with Gasteiger partial charge in [-0.2, -0.15) is 13.2 Å². The van der Waals surface area contributed by atoms with Crippen molar-refractivity contribution in [3.63, 3.8) is 0 Å². The highest BCUT2D eigenvalue weighted by atomic mass is 35.5. The van der Waals surface area contributed by atoms with Gasteiger partial charge in [-0.1, -0.05) is 35.9 Å². The number of benzene rings is 2. The molecule has 1 atom stereocenters. The molecule has 3 rings (SSSR count). The molecule has 0 bridgehead atoms. The van der Waals surface area contributed by atoms with Gasteiger partial charge in [0.15, 0.2) is 0 Å². The maximum atomic E-state index is 13.0. The minimum Gasteiger partial charge on any atom is -0.467 e. The van der Waals surface area contributed by atoms with Crippen LogP contribution in [0.15, 0.2) is 54.6 Å². The molecule has 1 amide bonds. The number of hydrogen-bond acceptors (Lipinski definition) is 5. The van der Waals surface area contributed by atoms with E-state index in [4.69, 9.17) is 21.7 Å². The summed E-state index contributed by atoms with van der Waals surface area (Å²) in [5.41, 5.74) is -0.615. The molecule has 6 nitrogen and oxygen atoms in total. The number of nitrogens with one attached hydrogen (secondary N) is 2. The topological polar surface area (TPSA) is 82.5 Å². The van der Waals surface area contributed by atoms with Gasteiger partial charge in [0, 0.05) is 17.8 Å². The number of esters is 1. The fraction of sp³-hybridized carbons (Fsp3) is 0.261. The number of carbonyl (C=O) groups excluding carboxylic acids is 2. The van der Waals surface area contributed by atoms with Gasteiger partial charge in [-0.15, -0.1) is 0 Å². The number of allylic oxidation sites excluding steroid dienone is 1. The molecule has 1 unspecified atom stereocenters. The zero-order chi connectivity index (χ0) is 24.2. The Morgan fingerprint density at radius 1 is 1.15 bits per heavy atom. The van der Waals surface area contributed by atoms with Gasteiger partial charge in [0.2, 0.25) is 0 Å². The third kappa shape index (κ3) is 5.73. The highest BCUT2D eigenvalue weighted by Gasteiger charge is 2.35. The number of anilines is 1. The van der Waals surface area contributed by atoms with Crippen molar-refractivity contribution in [3.05, 3.63) is 70.8 Å². The number of carbonyl (C=O) groups is 2. The normalized spacial score (nSPS) is 16.5. The SMILES string of the molecule is COC(=O)C1CCCN1C(=O)c1ccc(/C(=C/C(=N)C(F)(F)F)Nc2ccccc2Cl)cc1. The van der Waals surface area contributed by atoms with Gasteiger partial charge in [-0.25, -0.2) is 4.79 Å². The average Bonchev–Trinajstić information content (AvgIpc) is 3.28. The third-order valence-corrected chi connectivity index (χ3v) is 5.50. The quantitative estimate of drug-likeness (QED) is 0.443. The molecule has 1 heterocycles. The second-order valence-corrected chi connectivity index (χ2v) is 7.74. The van der Waals surface area contributed by atoms with Gasteiger partial charge >= 0.3 is 12.1 Å². The maximum absolute atomic E-state index is 13.0. The first-order valence-electron chi connectivity index (χ1n) is 10.00. The van der Waals surface area contributed by atoms with E-state index in [1.807, 2.05) is 0 Å². The van der Waals surface area contributed by atoms with Crippen LogP contribution in [0.5, 0.6) is 0 Å². The van der Waals surface area contributed by atoms with Crippen LogP contribution in [-0.2, 0) is 9.53 Å². The zero-order valence-corrected chi connectivity index (χ0v) is 18.3. The van der Waals surface area contributed by atoms with Crippen molar-refractivity contribution in [2.24, 2.45) is 0 Å². The molecule has 2 aromatic rings. The number of nitrogens with zero attached hydrogens (tertiary/aromatic N) is 1. The van der Waals surface area contributed by atoms with E-state index in [2.05, 4.69) is 5.32 Å². The lowest BCUT2D eigenvalue weighted by molar-refractivity contribution is -0.145. The summed E-state index contributed by atoms with van der Waals surface area (Å²) in [5.74, 6) is -0.862. The van der Waals surface area contributed by atoms with Gasteiger partial charge in [-0.3, -0.25) is 10.2 Å². The minimum atomic E-state index is -4.83. The van der Waals surface area contributed by atoms with Crippen LogP contribution in [0.3, 0.4) is 0 Å². The first-order valence-corrected chi connectivity index (χ1v) is 10.4. The molecule has 174 valence electrons. The Balaban J connectivity index is 1.90. The predicted molar refractivity (Wildman–Crippen MR) is 119 cm³/mol. The molecule has 10 heteroatoms. The highest BCUT2D eigenvalue weighted by molar-refractivity contribution is 6.33. The molecule has 0 spiro atoms. The van der Waals surface area contributed by atoms with Crippen LogP contribution in [-0.4, -0.2) is 48.4 Å². The monoisotopic (exact) mass is 479 g/mol. The molecular formula is C23H21ClF3N3O3. The summed E-state index contributed by atoms with van der Waals surface area (Å²) in [4.78, 5) is 26.3. The van der Waals surface area contributed by atoms with Crippen LogP contribution in [0.2, 0.25) is 5.02 Å².